The van der Waals surface area contributed by atoms with Gasteiger partial charge in [0, 0.05) is 32.4 Å². The normalized spacial score (nSPS) is 23.0. The quantitative estimate of drug-likeness (QED) is 0.849. The van der Waals surface area contributed by atoms with Crippen LogP contribution in [0.1, 0.15) is 30.6 Å². The molecule has 2 atom stereocenters. The van der Waals surface area contributed by atoms with Crippen molar-refractivity contribution in [3.8, 4) is 0 Å². The number of hydrogen-bond donors (Lipinski definition) is 1. The first kappa shape index (κ1) is 16.3. The largest absolute Gasteiger partial charge is 0.351 e. The summed E-state index contributed by atoms with van der Waals surface area (Å²) in [5.41, 5.74) is 0.672. The maximum atomic E-state index is 12.2. The van der Waals surface area contributed by atoms with Gasteiger partial charge in [0.15, 0.2) is 0 Å². The number of nitrogens with one attached hydrogen (secondary N) is 1. The molecule has 1 N–H and O–H groups in total. The molecule has 4 nitrogen and oxygen atoms in total. The van der Waals surface area contributed by atoms with Gasteiger partial charge in [-0.2, -0.15) is 0 Å². The zero-order chi connectivity index (χ0) is 15.2. The van der Waals surface area contributed by atoms with Crippen molar-refractivity contribution in [2.75, 3.05) is 32.4 Å². The number of pyridine rings is 1. The van der Waals surface area contributed by atoms with Crippen LogP contribution in [0.25, 0.3) is 0 Å². The van der Waals surface area contributed by atoms with E-state index in [2.05, 4.69) is 29.0 Å². The van der Waals surface area contributed by atoms with Crippen LogP contribution >= 0.6 is 11.8 Å². The van der Waals surface area contributed by atoms with Crippen molar-refractivity contribution in [2.45, 2.75) is 25.3 Å². The number of carbonyl (C=O) groups excluding carboxylic acids is 1. The molecule has 0 spiro atoms. The van der Waals surface area contributed by atoms with E-state index in [4.69, 9.17) is 0 Å². The highest BCUT2D eigenvalue weighted by Gasteiger charge is 2.21. The summed E-state index contributed by atoms with van der Waals surface area (Å²) in [7, 11) is 0. The van der Waals surface area contributed by atoms with E-state index in [1.807, 2.05) is 18.4 Å². The fourth-order valence-electron chi connectivity index (χ4n) is 3.12. The number of rotatable bonds is 5. The number of carbonyl (C=O) groups is 1. The smallest absolute Gasteiger partial charge is 0.254 e. The van der Waals surface area contributed by atoms with Gasteiger partial charge in [-0.15, -0.1) is 11.8 Å². The average Bonchev–Trinajstić information content (AvgIpc) is 2.46. The van der Waals surface area contributed by atoms with Gasteiger partial charge in [0.25, 0.3) is 5.91 Å². The highest BCUT2D eigenvalue weighted by atomic mass is 32.2. The number of nitrogens with zero attached hydrogens (tertiary/aromatic N) is 2. The lowest BCUT2D eigenvalue weighted by molar-refractivity contribution is 0.0933. The van der Waals surface area contributed by atoms with Crippen LogP contribution in [0.2, 0.25) is 0 Å². The molecule has 2 heterocycles. The van der Waals surface area contributed by atoms with E-state index < -0.39 is 0 Å². The number of thioether (sulfide) groups is 1. The van der Waals surface area contributed by atoms with E-state index >= 15 is 0 Å². The molecule has 0 aromatic carbocycles. The summed E-state index contributed by atoms with van der Waals surface area (Å²) in [6.45, 7) is 8.52. The van der Waals surface area contributed by atoms with Crippen LogP contribution in [0, 0.1) is 11.8 Å². The van der Waals surface area contributed by atoms with E-state index in [-0.39, 0.29) is 5.91 Å². The minimum Gasteiger partial charge on any atom is -0.351 e. The Hall–Kier alpha value is -1.07. The lowest BCUT2D eigenvalue weighted by atomic mass is 9.92. The first-order valence-corrected chi connectivity index (χ1v) is 8.82. The second kappa shape index (κ2) is 7.80. The van der Waals surface area contributed by atoms with Gasteiger partial charge in [-0.25, -0.2) is 4.98 Å². The van der Waals surface area contributed by atoms with Gasteiger partial charge in [0.05, 0.1) is 5.56 Å². The third kappa shape index (κ3) is 4.71. The SMILES string of the molecule is CSc1ncccc1C(=O)NCCN1C[C@H](C)C[C@@H](C)C1. The fourth-order valence-corrected chi connectivity index (χ4v) is 3.67. The van der Waals surface area contributed by atoms with E-state index in [1.54, 1.807) is 6.20 Å². The predicted molar refractivity (Wildman–Crippen MR) is 87.7 cm³/mol. The maximum Gasteiger partial charge on any atom is 0.254 e. The monoisotopic (exact) mass is 307 g/mol. The van der Waals surface area contributed by atoms with E-state index in [1.165, 1.54) is 18.2 Å². The summed E-state index contributed by atoms with van der Waals surface area (Å²) >= 11 is 1.50. The molecule has 0 bridgehead atoms. The molecule has 1 aliphatic heterocycles. The second-order valence-electron chi connectivity index (χ2n) is 6.02. The van der Waals surface area contributed by atoms with Crippen LogP contribution in [0.4, 0.5) is 0 Å². The van der Waals surface area contributed by atoms with Crippen LogP contribution in [0.3, 0.4) is 0 Å². The van der Waals surface area contributed by atoms with Crippen LogP contribution < -0.4 is 5.32 Å². The lowest BCUT2D eigenvalue weighted by Crippen LogP contribution is -2.42. The first-order chi connectivity index (χ1) is 10.1. The van der Waals surface area contributed by atoms with Crippen molar-refractivity contribution >= 4 is 17.7 Å². The van der Waals surface area contributed by atoms with Crippen LogP contribution in [-0.4, -0.2) is 48.2 Å². The Kier molecular flexibility index (Phi) is 6.06. The highest BCUT2D eigenvalue weighted by molar-refractivity contribution is 7.98. The van der Waals surface area contributed by atoms with Crippen LogP contribution in [0.5, 0.6) is 0 Å². The molecule has 1 aromatic rings. The van der Waals surface area contributed by atoms with Crippen molar-refractivity contribution in [3.05, 3.63) is 23.9 Å². The average molecular weight is 307 g/mol. The van der Waals surface area contributed by atoms with Gasteiger partial charge < -0.3 is 10.2 Å². The molecule has 21 heavy (non-hydrogen) atoms. The summed E-state index contributed by atoms with van der Waals surface area (Å²) in [6, 6.07) is 3.64. The number of likely N-dealkylation sites (tertiary alicyclic amines) is 1. The number of piperidine rings is 1. The van der Waals surface area contributed by atoms with Crippen molar-refractivity contribution in [1.29, 1.82) is 0 Å². The standard InChI is InChI=1S/C16H25N3OS/c1-12-9-13(2)11-19(10-12)8-7-17-15(20)14-5-4-6-18-16(14)21-3/h4-6,12-13H,7-11H2,1-3H3,(H,17,20)/t12-,13-/m1/s1. The predicted octanol–water partition coefficient (Wildman–Crippen LogP) is 2.51. The van der Waals surface area contributed by atoms with Crippen LogP contribution in [0.15, 0.2) is 23.4 Å². The maximum absolute atomic E-state index is 12.2. The molecule has 0 saturated carbocycles. The molecule has 0 aliphatic carbocycles. The third-order valence-corrected chi connectivity index (χ3v) is 4.58. The summed E-state index contributed by atoms with van der Waals surface area (Å²) in [5.74, 6) is 1.49. The topological polar surface area (TPSA) is 45.2 Å². The molecule has 1 aromatic heterocycles. The number of aromatic nitrogens is 1. The number of amides is 1. The van der Waals surface area contributed by atoms with E-state index in [0.29, 0.717) is 12.1 Å². The van der Waals surface area contributed by atoms with E-state index in [9.17, 15) is 4.79 Å². The summed E-state index contributed by atoms with van der Waals surface area (Å²) in [5, 5.41) is 3.80. The van der Waals surface area contributed by atoms with Gasteiger partial charge in [-0.1, -0.05) is 13.8 Å². The summed E-state index contributed by atoms with van der Waals surface area (Å²) in [4.78, 5) is 18.9. The molecular weight excluding hydrogens is 282 g/mol. The van der Waals surface area contributed by atoms with Crippen molar-refractivity contribution in [3.63, 3.8) is 0 Å². The molecule has 116 valence electrons. The van der Waals surface area contributed by atoms with Gasteiger partial charge in [-0.05, 0) is 36.6 Å². The molecule has 0 unspecified atom stereocenters. The summed E-state index contributed by atoms with van der Waals surface area (Å²) in [6.07, 6.45) is 4.98. The lowest BCUT2D eigenvalue weighted by Gasteiger charge is -2.34. The van der Waals surface area contributed by atoms with Gasteiger partial charge in [0.2, 0.25) is 0 Å². The van der Waals surface area contributed by atoms with Crippen LogP contribution in [-0.2, 0) is 0 Å². The molecule has 0 radical (unpaired) electrons. The Balaban J connectivity index is 1.81. The summed E-state index contributed by atoms with van der Waals surface area (Å²) < 4.78 is 0. The molecule has 1 amide bonds. The zero-order valence-corrected chi connectivity index (χ0v) is 13.9. The van der Waals surface area contributed by atoms with Gasteiger partial charge >= 0.3 is 0 Å². The third-order valence-electron chi connectivity index (χ3n) is 3.87. The Labute approximate surface area is 131 Å². The molecule has 1 aliphatic rings. The highest BCUT2D eigenvalue weighted by Crippen LogP contribution is 2.20. The molecule has 1 saturated heterocycles. The van der Waals surface area contributed by atoms with E-state index in [0.717, 1.165) is 36.5 Å². The molecule has 2 rings (SSSR count). The van der Waals surface area contributed by atoms with Crippen molar-refractivity contribution in [2.24, 2.45) is 11.8 Å². The Bertz CT molecular complexity index is 470. The zero-order valence-electron chi connectivity index (χ0n) is 13.1. The number of hydrogen-bond acceptors (Lipinski definition) is 4. The van der Waals surface area contributed by atoms with Gasteiger partial charge in [-0.3, -0.25) is 4.79 Å². The Morgan fingerprint density at radius 1 is 1.43 bits per heavy atom. The fraction of sp³-hybridized carbons (Fsp3) is 0.625. The Morgan fingerprint density at radius 2 is 2.14 bits per heavy atom. The second-order valence-corrected chi connectivity index (χ2v) is 6.82. The first-order valence-electron chi connectivity index (χ1n) is 7.59. The Morgan fingerprint density at radius 3 is 2.81 bits per heavy atom. The molecule has 5 heteroatoms. The van der Waals surface area contributed by atoms with Gasteiger partial charge in [0.1, 0.15) is 5.03 Å². The molecular formula is C16H25N3OS. The minimum absolute atomic E-state index is 0.0226. The molecule has 1 fully saturated rings. The minimum atomic E-state index is -0.0226. The van der Waals surface area contributed by atoms with Crippen molar-refractivity contribution in [1.82, 2.24) is 15.2 Å². The van der Waals surface area contributed by atoms with Crippen molar-refractivity contribution < 1.29 is 4.79 Å².